The van der Waals surface area contributed by atoms with Crippen molar-refractivity contribution >= 4 is 13.3 Å². The van der Waals surface area contributed by atoms with E-state index < -0.39 is 24.9 Å². The molecule has 0 radical (unpaired) electrons. The van der Waals surface area contributed by atoms with Gasteiger partial charge in [-0.2, -0.15) is 0 Å². The summed E-state index contributed by atoms with van der Waals surface area (Å²) in [6.07, 6.45) is 7.94. The van der Waals surface area contributed by atoms with Gasteiger partial charge in [-0.25, -0.2) is 0 Å². The second-order valence-corrected chi connectivity index (χ2v) is 9.09. The third-order valence-electron chi connectivity index (χ3n) is 4.60. The van der Waals surface area contributed by atoms with Crippen LogP contribution in [0.3, 0.4) is 0 Å². The minimum Gasteiger partial charge on any atom is -0.481 e. The van der Waals surface area contributed by atoms with Crippen LogP contribution in [-0.2, 0) is 20.3 Å². The van der Waals surface area contributed by atoms with E-state index in [4.69, 9.17) is 4.52 Å². The Morgan fingerprint density at radius 2 is 1.92 bits per heavy atom. The van der Waals surface area contributed by atoms with Gasteiger partial charge in [0.2, 0.25) is 7.37 Å². The number of carboxylic acid groups (broad SMARTS) is 1. The van der Waals surface area contributed by atoms with Gasteiger partial charge >= 0.3 is 5.97 Å². The normalized spacial score (nSPS) is 22.9. The molecule has 24 heavy (non-hydrogen) atoms. The summed E-state index contributed by atoms with van der Waals surface area (Å²) in [6.45, 7) is 2.19. The molecular formula is C19H27O4P. The van der Waals surface area contributed by atoms with Crippen molar-refractivity contribution in [1.29, 1.82) is 0 Å². The zero-order valence-electron chi connectivity index (χ0n) is 14.3. The number of carboxylic acids is 1. The summed E-state index contributed by atoms with van der Waals surface area (Å²) >= 11 is 0. The van der Waals surface area contributed by atoms with Gasteiger partial charge in [0.1, 0.15) is 0 Å². The lowest BCUT2D eigenvalue weighted by atomic mass is 9.94. The molecule has 1 aromatic rings. The van der Waals surface area contributed by atoms with Crippen molar-refractivity contribution < 1.29 is 19.0 Å². The van der Waals surface area contributed by atoms with Crippen LogP contribution in [-0.4, -0.2) is 29.5 Å². The molecule has 0 fully saturated rings. The molecule has 0 aromatic heterocycles. The number of unbranched alkanes of at least 4 members (excludes halogenated alkanes) is 1. The number of hydrogen-bond donors (Lipinski definition) is 1. The van der Waals surface area contributed by atoms with E-state index in [0.29, 0.717) is 25.6 Å². The molecule has 2 rings (SSSR count). The molecule has 0 amide bonds. The van der Waals surface area contributed by atoms with Gasteiger partial charge in [0.05, 0.1) is 18.2 Å². The second kappa shape index (κ2) is 9.19. The van der Waals surface area contributed by atoms with Crippen LogP contribution in [0, 0.1) is 5.92 Å². The molecule has 0 aliphatic heterocycles. The fraction of sp³-hybridized carbons (Fsp3) is 0.526. The van der Waals surface area contributed by atoms with Crippen LogP contribution in [0.2, 0.25) is 0 Å². The first-order chi connectivity index (χ1) is 11.6. The van der Waals surface area contributed by atoms with E-state index in [2.05, 4.69) is 12.1 Å². The van der Waals surface area contributed by atoms with Crippen LogP contribution in [0.4, 0.5) is 0 Å². The SMILES string of the molecule is CCOP(=O)(CCCCc1ccccc1)[C@@H]1CC=CC[C@H]1C(=O)O. The molecule has 0 spiro atoms. The Bertz CT molecular complexity index is 597. The third-order valence-corrected chi connectivity index (χ3v) is 7.81. The first-order valence-electron chi connectivity index (χ1n) is 8.72. The van der Waals surface area contributed by atoms with Crippen LogP contribution < -0.4 is 0 Å². The maximum absolute atomic E-state index is 13.4. The molecule has 0 heterocycles. The Morgan fingerprint density at radius 3 is 2.58 bits per heavy atom. The van der Waals surface area contributed by atoms with Crippen LogP contribution in [0.25, 0.3) is 0 Å². The number of carbonyl (C=O) groups is 1. The van der Waals surface area contributed by atoms with Crippen LogP contribution in [0.1, 0.15) is 38.2 Å². The summed E-state index contributed by atoms with van der Waals surface area (Å²) in [5.41, 5.74) is 0.879. The molecule has 3 atom stereocenters. The second-order valence-electron chi connectivity index (χ2n) is 6.27. The van der Waals surface area contributed by atoms with Crippen molar-refractivity contribution in [2.75, 3.05) is 12.8 Å². The fourth-order valence-electron chi connectivity index (χ4n) is 3.35. The minimum atomic E-state index is -2.96. The van der Waals surface area contributed by atoms with E-state index in [9.17, 15) is 14.5 Å². The molecule has 0 saturated carbocycles. The lowest BCUT2D eigenvalue weighted by molar-refractivity contribution is -0.141. The molecule has 1 aromatic carbocycles. The Balaban J connectivity index is 1.97. The first kappa shape index (κ1) is 19.0. The van der Waals surface area contributed by atoms with Crippen molar-refractivity contribution in [2.45, 2.75) is 44.7 Å². The van der Waals surface area contributed by atoms with Crippen LogP contribution >= 0.6 is 7.37 Å². The lowest BCUT2D eigenvalue weighted by Gasteiger charge is -2.32. The number of aryl methyl sites for hydroxylation is 1. The number of allylic oxidation sites excluding steroid dienone is 2. The molecule has 132 valence electrons. The molecule has 5 heteroatoms. The molecular weight excluding hydrogens is 323 g/mol. The number of aliphatic carboxylic acids is 1. The molecule has 1 aliphatic rings. The maximum atomic E-state index is 13.4. The number of rotatable bonds is 9. The van der Waals surface area contributed by atoms with Gasteiger partial charge in [0.25, 0.3) is 0 Å². The average Bonchev–Trinajstić information content (AvgIpc) is 2.60. The highest BCUT2D eigenvalue weighted by Gasteiger charge is 2.42. The number of benzene rings is 1. The fourth-order valence-corrected chi connectivity index (χ4v) is 6.34. The Kier molecular flexibility index (Phi) is 7.26. The summed E-state index contributed by atoms with van der Waals surface area (Å²) in [4.78, 5) is 11.5. The zero-order chi connectivity index (χ0) is 17.4. The number of hydrogen-bond acceptors (Lipinski definition) is 3. The van der Waals surface area contributed by atoms with Crippen molar-refractivity contribution in [1.82, 2.24) is 0 Å². The van der Waals surface area contributed by atoms with Gasteiger partial charge in [-0.05, 0) is 44.6 Å². The largest absolute Gasteiger partial charge is 0.481 e. The van der Waals surface area contributed by atoms with Crippen molar-refractivity contribution in [2.24, 2.45) is 5.92 Å². The average molecular weight is 350 g/mol. The summed E-state index contributed by atoms with van der Waals surface area (Å²) in [6, 6.07) is 10.2. The Labute approximate surface area is 144 Å². The van der Waals surface area contributed by atoms with E-state index in [1.165, 1.54) is 5.56 Å². The topological polar surface area (TPSA) is 63.6 Å². The zero-order valence-corrected chi connectivity index (χ0v) is 15.2. The van der Waals surface area contributed by atoms with Crippen molar-refractivity contribution in [3.05, 3.63) is 48.0 Å². The van der Waals surface area contributed by atoms with E-state index >= 15 is 0 Å². The quantitative estimate of drug-likeness (QED) is 0.397. The summed E-state index contributed by atoms with van der Waals surface area (Å²) < 4.78 is 19.0. The van der Waals surface area contributed by atoms with Crippen molar-refractivity contribution in [3.63, 3.8) is 0 Å². The van der Waals surface area contributed by atoms with Gasteiger partial charge in [-0.15, -0.1) is 0 Å². The Hall–Kier alpha value is -1.38. The first-order valence-corrected chi connectivity index (χ1v) is 10.6. The molecule has 0 bridgehead atoms. The lowest BCUT2D eigenvalue weighted by Crippen LogP contribution is -2.31. The van der Waals surface area contributed by atoms with Gasteiger partial charge in [-0.1, -0.05) is 42.5 Å². The highest BCUT2D eigenvalue weighted by molar-refractivity contribution is 7.59. The van der Waals surface area contributed by atoms with Crippen molar-refractivity contribution in [3.8, 4) is 0 Å². The van der Waals surface area contributed by atoms with Crippen LogP contribution in [0.5, 0.6) is 0 Å². The van der Waals surface area contributed by atoms with Gasteiger partial charge in [0.15, 0.2) is 0 Å². The minimum absolute atomic E-state index is 0.364. The summed E-state index contributed by atoms with van der Waals surface area (Å²) in [5.74, 6) is -1.46. The van der Waals surface area contributed by atoms with Gasteiger partial charge in [0, 0.05) is 6.16 Å². The standard InChI is InChI=1S/C19H27O4P/c1-2-23-24(22,18-14-7-6-13-17(18)19(20)21)15-9-8-12-16-10-4-3-5-11-16/h3-7,10-11,17-18H,2,8-9,12-15H2,1H3,(H,20,21)/t17-,18-,24?/m1/s1. The van der Waals surface area contributed by atoms with Gasteiger partial charge in [-0.3, -0.25) is 9.36 Å². The predicted octanol–water partition coefficient (Wildman–Crippen LogP) is 4.74. The van der Waals surface area contributed by atoms with Gasteiger partial charge < -0.3 is 9.63 Å². The van der Waals surface area contributed by atoms with E-state index in [0.717, 1.165) is 19.3 Å². The predicted molar refractivity (Wildman–Crippen MR) is 96.8 cm³/mol. The van der Waals surface area contributed by atoms with E-state index in [1.807, 2.05) is 37.3 Å². The molecule has 4 nitrogen and oxygen atoms in total. The monoisotopic (exact) mass is 350 g/mol. The molecule has 0 saturated heterocycles. The summed E-state index contributed by atoms with van der Waals surface area (Å²) in [5, 5.41) is 9.45. The van der Waals surface area contributed by atoms with E-state index in [-0.39, 0.29) is 0 Å². The highest BCUT2D eigenvalue weighted by Crippen LogP contribution is 2.58. The van der Waals surface area contributed by atoms with E-state index in [1.54, 1.807) is 0 Å². The Morgan fingerprint density at radius 1 is 1.21 bits per heavy atom. The molecule has 1 N–H and O–H groups in total. The summed E-state index contributed by atoms with van der Waals surface area (Å²) in [7, 11) is -2.96. The highest BCUT2D eigenvalue weighted by atomic mass is 31.2. The maximum Gasteiger partial charge on any atom is 0.307 e. The van der Waals surface area contributed by atoms with Crippen LogP contribution in [0.15, 0.2) is 42.5 Å². The molecule has 1 aliphatic carbocycles. The third kappa shape index (κ3) is 5.06. The smallest absolute Gasteiger partial charge is 0.307 e. The molecule has 1 unspecified atom stereocenters.